The number of fused-ring (bicyclic) bond motifs is 8. The van der Waals surface area contributed by atoms with Crippen LogP contribution in [0.1, 0.15) is 47.2 Å². The van der Waals surface area contributed by atoms with Crippen molar-refractivity contribution in [2.24, 2.45) is 0 Å². The maximum absolute atomic E-state index is 4.25. The average molecular weight is 438 g/mol. The Morgan fingerprint density at radius 2 is 1.41 bits per heavy atom. The minimum atomic E-state index is -0.231. The molecule has 1 N–H and O–H groups in total. The maximum Gasteiger partial charge on any atom is 0.0554 e. The molecule has 0 fully saturated rings. The summed E-state index contributed by atoms with van der Waals surface area (Å²) in [5, 5.41) is 4.89. The predicted molar refractivity (Wildman–Crippen MR) is 151 cm³/mol. The zero-order valence-corrected chi connectivity index (χ0v) is 19.8. The van der Waals surface area contributed by atoms with Gasteiger partial charge in [0.2, 0.25) is 0 Å². The first-order valence-electron chi connectivity index (χ1n) is 11.7. The fraction of sp³-hybridized carbons (Fsp3) is 0.0909. The number of aromatic amines is 1. The van der Waals surface area contributed by atoms with Crippen molar-refractivity contribution in [3.63, 3.8) is 0 Å². The van der Waals surface area contributed by atoms with E-state index in [0.717, 1.165) is 33.3 Å². The number of hydrogen-bond donors (Lipinski definition) is 1. The van der Waals surface area contributed by atoms with Crippen LogP contribution in [-0.2, 0) is 5.41 Å². The van der Waals surface area contributed by atoms with E-state index in [-0.39, 0.29) is 5.41 Å². The molecule has 5 aromatic rings. The van der Waals surface area contributed by atoms with Gasteiger partial charge in [0.05, 0.1) is 5.52 Å². The molecular formula is C33H27N. The molecule has 0 unspecified atom stereocenters. The summed E-state index contributed by atoms with van der Waals surface area (Å²) in [5.41, 5.74) is 11.7. The van der Waals surface area contributed by atoms with E-state index in [1.165, 1.54) is 43.8 Å². The van der Waals surface area contributed by atoms with Crippen LogP contribution >= 0.6 is 0 Å². The summed E-state index contributed by atoms with van der Waals surface area (Å²) < 4.78 is 0. The van der Waals surface area contributed by atoms with Gasteiger partial charge in [0.1, 0.15) is 0 Å². The van der Waals surface area contributed by atoms with Crippen LogP contribution < -0.4 is 0 Å². The van der Waals surface area contributed by atoms with E-state index >= 15 is 0 Å². The second-order valence-corrected chi connectivity index (χ2v) is 9.63. The number of nitrogens with one attached hydrogen (secondary N) is 1. The lowest BCUT2D eigenvalue weighted by Crippen LogP contribution is -2.18. The quantitative estimate of drug-likeness (QED) is 0.288. The molecule has 0 saturated carbocycles. The van der Waals surface area contributed by atoms with Crippen LogP contribution in [0.2, 0.25) is 0 Å². The fourth-order valence-electron chi connectivity index (χ4n) is 6.26. The van der Waals surface area contributed by atoms with Crippen molar-refractivity contribution < 1.29 is 0 Å². The van der Waals surface area contributed by atoms with Gasteiger partial charge in [0, 0.05) is 27.3 Å². The maximum atomic E-state index is 4.25. The van der Waals surface area contributed by atoms with Gasteiger partial charge < -0.3 is 4.98 Å². The standard InChI is InChI=1S/C33H27N/c1-7-19-15-16-25-29-31(33(5,6)30(25)22(19)8-2)24(10-4)23(9-3)28-26-17-20-13-11-12-14-21(20)18-27(26)34-32(28)29/h7-18,34H,1-4H2,5-6H3. The number of aromatic nitrogens is 1. The largest absolute Gasteiger partial charge is 0.354 e. The highest BCUT2D eigenvalue weighted by Crippen LogP contribution is 2.56. The van der Waals surface area contributed by atoms with Gasteiger partial charge in [0.25, 0.3) is 0 Å². The molecule has 0 amide bonds. The smallest absolute Gasteiger partial charge is 0.0554 e. The third-order valence-corrected chi connectivity index (χ3v) is 7.62. The lowest BCUT2D eigenvalue weighted by Gasteiger charge is -2.27. The molecule has 0 bridgehead atoms. The molecule has 0 spiro atoms. The van der Waals surface area contributed by atoms with E-state index in [4.69, 9.17) is 0 Å². The lowest BCUT2D eigenvalue weighted by atomic mass is 9.76. The molecule has 1 nitrogen and oxygen atoms in total. The topological polar surface area (TPSA) is 15.8 Å². The first-order chi connectivity index (χ1) is 16.5. The van der Waals surface area contributed by atoms with Crippen LogP contribution in [0.3, 0.4) is 0 Å². The Balaban J connectivity index is 1.89. The Hall–Kier alpha value is -4.10. The van der Waals surface area contributed by atoms with Crippen molar-refractivity contribution in [2.45, 2.75) is 19.3 Å². The van der Waals surface area contributed by atoms with E-state index in [9.17, 15) is 0 Å². The van der Waals surface area contributed by atoms with Gasteiger partial charge in [-0.15, -0.1) is 0 Å². The van der Waals surface area contributed by atoms with Crippen LogP contribution in [0, 0.1) is 0 Å². The first-order valence-corrected chi connectivity index (χ1v) is 11.7. The molecule has 1 heteroatoms. The van der Waals surface area contributed by atoms with E-state index < -0.39 is 0 Å². The van der Waals surface area contributed by atoms with Gasteiger partial charge in [-0.05, 0) is 61.8 Å². The molecule has 6 rings (SSSR count). The molecule has 34 heavy (non-hydrogen) atoms. The van der Waals surface area contributed by atoms with Crippen LogP contribution in [0.5, 0.6) is 0 Å². The van der Waals surface area contributed by atoms with Crippen molar-refractivity contribution in [2.75, 3.05) is 0 Å². The third kappa shape index (κ3) is 2.39. The van der Waals surface area contributed by atoms with E-state index in [1.54, 1.807) is 0 Å². The molecule has 0 saturated heterocycles. The summed E-state index contributed by atoms with van der Waals surface area (Å²) in [6.45, 7) is 21.3. The second-order valence-electron chi connectivity index (χ2n) is 9.63. The summed E-state index contributed by atoms with van der Waals surface area (Å²) in [7, 11) is 0. The second kappa shape index (κ2) is 6.95. The molecule has 0 aliphatic heterocycles. The third-order valence-electron chi connectivity index (χ3n) is 7.62. The normalized spacial score (nSPS) is 13.7. The lowest BCUT2D eigenvalue weighted by molar-refractivity contribution is 0.658. The van der Waals surface area contributed by atoms with Gasteiger partial charge in [-0.1, -0.05) is 101 Å². The summed E-state index contributed by atoms with van der Waals surface area (Å²) in [5.74, 6) is 0. The SMILES string of the molecule is C=Cc1ccc2c(c1C=C)C(C)(C)c1c(C=C)c(C=C)c3c([nH]c4cc5ccccc5cc43)c1-2. The Labute approximate surface area is 200 Å². The first kappa shape index (κ1) is 20.5. The molecule has 1 heterocycles. The average Bonchev–Trinajstić information content (AvgIpc) is 3.33. The Kier molecular flexibility index (Phi) is 4.19. The van der Waals surface area contributed by atoms with Crippen LogP contribution in [0.4, 0.5) is 0 Å². The highest BCUT2D eigenvalue weighted by atomic mass is 14.7. The minimum absolute atomic E-state index is 0.231. The minimum Gasteiger partial charge on any atom is -0.354 e. The van der Waals surface area contributed by atoms with E-state index in [2.05, 4.69) is 93.7 Å². The van der Waals surface area contributed by atoms with Crippen molar-refractivity contribution in [3.05, 3.63) is 108 Å². The summed E-state index contributed by atoms with van der Waals surface area (Å²) in [6.07, 6.45) is 7.89. The Morgan fingerprint density at radius 3 is 2.06 bits per heavy atom. The van der Waals surface area contributed by atoms with Gasteiger partial charge >= 0.3 is 0 Å². The zero-order valence-electron chi connectivity index (χ0n) is 19.8. The fourth-order valence-corrected chi connectivity index (χ4v) is 6.26. The van der Waals surface area contributed by atoms with Crippen molar-refractivity contribution in [3.8, 4) is 11.1 Å². The molecule has 1 aliphatic carbocycles. The monoisotopic (exact) mass is 437 g/mol. The summed E-state index contributed by atoms with van der Waals surface area (Å²) in [6, 6.07) is 17.5. The summed E-state index contributed by atoms with van der Waals surface area (Å²) in [4.78, 5) is 3.81. The number of hydrogen-bond acceptors (Lipinski definition) is 0. The number of benzene rings is 4. The van der Waals surface area contributed by atoms with Gasteiger partial charge in [-0.3, -0.25) is 0 Å². The predicted octanol–water partition coefficient (Wildman–Crippen LogP) is 9.35. The Morgan fingerprint density at radius 1 is 0.735 bits per heavy atom. The molecule has 4 aromatic carbocycles. The highest BCUT2D eigenvalue weighted by molar-refractivity contribution is 6.20. The number of H-pyrrole nitrogens is 1. The van der Waals surface area contributed by atoms with Crippen molar-refractivity contribution >= 4 is 56.9 Å². The van der Waals surface area contributed by atoms with Crippen molar-refractivity contribution in [1.82, 2.24) is 4.98 Å². The van der Waals surface area contributed by atoms with Crippen LogP contribution in [-0.4, -0.2) is 4.98 Å². The van der Waals surface area contributed by atoms with Crippen molar-refractivity contribution in [1.29, 1.82) is 0 Å². The van der Waals surface area contributed by atoms with Gasteiger partial charge in [-0.25, -0.2) is 0 Å². The van der Waals surface area contributed by atoms with Gasteiger partial charge in [-0.2, -0.15) is 0 Å². The molecule has 1 aliphatic rings. The van der Waals surface area contributed by atoms with E-state index in [0.29, 0.717) is 0 Å². The number of rotatable bonds is 4. The van der Waals surface area contributed by atoms with E-state index in [1.807, 2.05) is 24.3 Å². The molecular weight excluding hydrogens is 410 g/mol. The highest BCUT2D eigenvalue weighted by Gasteiger charge is 2.41. The zero-order chi connectivity index (χ0) is 23.8. The van der Waals surface area contributed by atoms with Crippen LogP contribution in [0.15, 0.2) is 74.8 Å². The van der Waals surface area contributed by atoms with Gasteiger partial charge in [0.15, 0.2) is 0 Å². The molecule has 164 valence electrons. The van der Waals surface area contributed by atoms with Crippen LogP contribution in [0.25, 0.3) is 68.0 Å². The Bertz CT molecular complexity index is 1740. The molecule has 0 radical (unpaired) electrons. The molecule has 1 aromatic heterocycles. The summed E-state index contributed by atoms with van der Waals surface area (Å²) >= 11 is 0. The molecule has 0 atom stereocenters.